The molecule has 0 saturated carbocycles. The Labute approximate surface area is 115 Å². The Morgan fingerprint density at radius 1 is 1.21 bits per heavy atom. The molecule has 0 aliphatic carbocycles. The van der Waals surface area contributed by atoms with Crippen molar-refractivity contribution in [2.24, 2.45) is 16.8 Å². The molecule has 0 amide bonds. The molecule has 3 heteroatoms. The van der Waals surface area contributed by atoms with Gasteiger partial charge in [-0.2, -0.15) is 0 Å². The number of pyridine rings is 1. The molecule has 0 atom stereocenters. The van der Waals surface area contributed by atoms with Crippen LogP contribution >= 0.6 is 0 Å². The topological polar surface area (TPSA) is 29.7 Å². The molecule has 0 unspecified atom stereocenters. The summed E-state index contributed by atoms with van der Waals surface area (Å²) in [5.74, 6) is 2.21. The summed E-state index contributed by atoms with van der Waals surface area (Å²) < 4.78 is 2.08. The maximum Gasteiger partial charge on any atom is 0.159 e. The summed E-state index contributed by atoms with van der Waals surface area (Å²) in [6.45, 7) is 8.84. The molecule has 0 aliphatic rings. The Hall–Kier alpha value is -1.64. The van der Waals surface area contributed by atoms with Gasteiger partial charge in [0.15, 0.2) is 5.82 Å². The molecule has 102 valence electrons. The lowest BCUT2D eigenvalue weighted by atomic mass is 10.1. The summed E-state index contributed by atoms with van der Waals surface area (Å²) >= 11 is 0. The molecular formula is C16H23N3. The van der Waals surface area contributed by atoms with Crippen molar-refractivity contribution >= 4 is 17.7 Å². The second-order valence-electron chi connectivity index (χ2n) is 5.85. The lowest BCUT2D eigenvalue weighted by molar-refractivity contribution is 0.638. The number of rotatable bonds is 5. The van der Waals surface area contributed by atoms with Gasteiger partial charge in [0.05, 0.1) is 5.69 Å². The second kappa shape index (κ2) is 6.00. The van der Waals surface area contributed by atoms with Crippen LogP contribution < -0.4 is 0 Å². The lowest BCUT2D eigenvalue weighted by Crippen LogP contribution is -1.95. The third kappa shape index (κ3) is 3.43. The summed E-state index contributed by atoms with van der Waals surface area (Å²) in [6, 6.07) is 6.07. The molecule has 0 saturated heterocycles. The van der Waals surface area contributed by atoms with E-state index >= 15 is 0 Å². The molecule has 3 nitrogen and oxygen atoms in total. The SMILES string of the molecule is CC(C)C/C=N/c1c(CC(C)C)nc2ccccn12. The average Bonchev–Trinajstić information content (AvgIpc) is 2.66. The van der Waals surface area contributed by atoms with E-state index in [1.165, 1.54) is 0 Å². The maximum atomic E-state index is 4.70. The largest absolute Gasteiger partial charge is 0.284 e. The molecule has 2 rings (SSSR count). The summed E-state index contributed by atoms with van der Waals surface area (Å²) in [6.07, 6.45) is 6.02. The molecule has 0 aliphatic heterocycles. The molecule has 2 heterocycles. The standard InChI is InChI=1S/C16H23N3/c1-12(2)8-9-17-16-14(11-13(3)4)18-15-7-5-6-10-19(15)16/h5-7,9-10,12-13H,8,11H2,1-4H3/b17-9+. The molecule has 2 aromatic heterocycles. The summed E-state index contributed by atoms with van der Waals surface area (Å²) in [5, 5.41) is 0. The first-order chi connectivity index (χ1) is 9.08. The molecular weight excluding hydrogens is 234 g/mol. The summed E-state index contributed by atoms with van der Waals surface area (Å²) in [5.41, 5.74) is 2.08. The number of hydrogen-bond acceptors (Lipinski definition) is 2. The Morgan fingerprint density at radius 3 is 2.68 bits per heavy atom. The zero-order chi connectivity index (χ0) is 13.8. The number of nitrogens with zero attached hydrogens (tertiary/aromatic N) is 3. The Morgan fingerprint density at radius 2 is 2.00 bits per heavy atom. The van der Waals surface area contributed by atoms with Crippen molar-refractivity contribution in [3.05, 3.63) is 30.1 Å². The van der Waals surface area contributed by atoms with Gasteiger partial charge in [-0.1, -0.05) is 33.8 Å². The first-order valence-electron chi connectivity index (χ1n) is 7.06. The predicted octanol–water partition coefficient (Wildman–Crippen LogP) is 4.28. The highest BCUT2D eigenvalue weighted by atomic mass is 15.1. The van der Waals surface area contributed by atoms with Crippen molar-refractivity contribution in [3.63, 3.8) is 0 Å². The number of hydrogen-bond donors (Lipinski definition) is 0. The van der Waals surface area contributed by atoms with Gasteiger partial charge in [-0.3, -0.25) is 4.40 Å². The zero-order valence-corrected chi connectivity index (χ0v) is 12.3. The van der Waals surface area contributed by atoms with Crippen molar-refractivity contribution < 1.29 is 0 Å². The van der Waals surface area contributed by atoms with Gasteiger partial charge >= 0.3 is 0 Å². The van der Waals surface area contributed by atoms with Crippen LogP contribution in [0.15, 0.2) is 29.4 Å². The Bertz CT molecular complexity index is 564. The molecule has 19 heavy (non-hydrogen) atoms. The Balaban J connectivity index is 2.39. The van der Waals surface area contributed by atoms with Crippen LogP contribution in [0, 0.1) is 11.8 Å². The minimum atomic E-state index is 0.587. The van der Waals surface area contributed by atoms with Gasteiger partial charge in [-0.15, -0.1) is 0 Å². The van der Waals surface area contributed by atoms with Crippen LogP contribution in [-0.2, 0) is 6.42 Å². The van der Waals surface area contributed by atoms with Crippen molar-refractivity contribution in [1.29, 1.82) is 0 Å². The van der Waals surface area contributed by atoms with Gasteiger partial charge in [0.1, 0.15) is 5.65 Å². The highest BCUT2D eigenvalue weighted by molar-refractivity contribution is 5.65. The van der Waals surface area contributed by atoms with Crippen LogP contribution in [0.4, 0.5) is 5.82 Å². The van der Waals surface area contributed by atoms with E-state index in [0.29, 0.717) is 11.8 Å². The zero-order valence-electron chi connectivity index (χ0n) is 12.3. The lowest BCUT2D eigenvalue weighted by Gasteiger charge is -2.03. The molecule has 0 radical (unpaired) electrons. The van der Waals surface area contributed by atoms with Crippen molar-refractivity contribution in [2.75, 3.05) is 0 Å². The average molecular weight is 257 g/mol. The van der Waals surface area contributed by atoms with E-state index < -0.39 is 0 Å². The first-order valence-corrected chi connectivity index (χ1v) is 7.06. The second-order valence-corrected chi connectivity index (χ2v) is 5.85. The molecule has 0 fully saturated rings. The van der Waals surface area contributed by atoms with Crippen LogP contribution in [0.5, 0.6) is 0 Å². The highest BCUT2D eigenvalue weighted by Gasteiger charge is 2.11. The summed E-state index contributed by atoms with van der Waals surface area (Å²) in [4.78, 5) is 9.36. The van der Waals surface area contributed by atoms with E-state index in [1.54, 1.807) is 0 Å². The third-order valence-electron chi connectivity index (χ3n) is 2.97. The van der Waals surface area contributed by atoms with E-state index in [0.717, 1.165) is 30.0 Å². The minimum absolute atomic E-state index is 0.587. The third-order valence-corrected chi connectivity index (χ3v) is 2.97. The highest BCUT2D eigenvalue weighted by Crippen LogP contribution is 2.23. The first kappa shape index (κ1) is 13.8. The van der Waals surface area contributed by atoms with E-state index in [9.17, 15) is 0 Å². The van der Waals surface area contributed by atoms with E-state index in [2.05, 4.69) is 37.1 Å². The van der Waals surface area contributed by atoms with Crippen LogP contribution in [-0.4, -0.2) is 15.6 Å². The van der Waals surface area contributed by atoms with Gasteiger partial charge < -0.3 is 0 Å². The van der Waals surface area contributed by atoms with Crippen LogP contribution in [0.2, 0.25) is 0 Å². The molecule has 2 aromatic rings. The Kier molecular flexibility index (Phi) is 4.35. The van der Waals surface area contributed by atoms with Gasteiger partial charge in [0, 0.05) is 12.4 Å². The van der Waals surface area contributed by atoms with Crippen LogP contribution in [0.25, 0.3) is 5.65 Å². The number of aliphatic imine (C=N–C) groups is 1. The van der Waals surface area contributed by atoms with Crippen molar-refractivity contribution in [2.45, 2.75) is 40.5 Å². The monoisotopic (exact) mass is 257 g/mol. The molecule has 0 aromatic carbocycles. The van der Waals surface area contributed by atoms with Crippen molar-refractivity contribution in [1.82, 2.24) is 9.38 Å². The number of fused-ring (bicyclic) bond motifs is 1. The van der Waals surface area contributed by atoms with Gasteiger partial charge in [0.25, 0.3) is 0 Å². The maximum absolute atomic E-state index is 4.70. The normalized spacial score (nSPS) is 12.3. The molecule has 0 bridgehead atoms. The number of aromatic nitrogens is 2. The number of imidazole rings is 1. The van der Waals surface area contributed by atoms with E-state index in [1.807, 2.05) is 30.6 Å². The van der Waals surface area contributed by atoms with Gasteiger partial charge in [-0.25, -0.2) is 9.98 Å². The minimum Gasteiger partial charge on any atom is -0.284 e. The predicted molar refractivity (Wildman–Crippen MR) is 81.3 cm³/mol. The van der Waals surface area contributed by atoms with Crippen molar-refractivity contribution in [3.8, 4) is 0 Å². The van der Waals surface area contributed by atoms with Crippen LogP contribution in [0.3, 0.4) is 0 Å². The fourth-order valence-electron chi connectivity index (χ4n) is 2.04. The molecule has 0 spiro atoms. The quantitative estimate of drug-likeness (QED) is 0.735. The van der Waals surface area contributed by atoms with Crippen LogP contribution in [0.1, 0.15) is 39.8 Å². The summed E-state index contributed by atoms with van der Waals surface area (Å²) in [7, 11) is 0. The fraction of sp³-hybridized carbons (Fsp3) is 0.500. The smallest absolute Gasteiger partial charge is 0.159 e. The molecule has 0 N–H and O–H groups in total. The van der Waals surface area contributed by atoms with Gasteiger partial charge in [-0.05, 0) is 36.8 Å². The fourth-order valence-corrected chi connectivity index (χ4v) is 2.04. The van der Waals surface area contributed by atoms with E-state index in [-0.39, 0.29) is 0 Å². The van der Waals surface area contributed by atoms with E-state index in [4.69, 9.17) is 4.98 Å². The van der Waals surface area contributed by atoms with Gasteiger partial charge in [0.2, 0.25) is 0 Å².